The molecule has 1 aromatic carbocycles. The summed E-state index contributed by atoms with van der Waals surface area (Å²) in [6.07, 6.45) is 7.67. The lowest BCUT2D eigenvalue weighted by atomic mass is 9.85. The summed E-state index contributed by atoms with van der Waals surface area (Å²) in [4.78, 5) is 28.6. The molecule has 3 rings (SSSR count). The molecule has 2 amide bonds. The number of amides is 2. The summed E-state index contributed by atoms with van der Waals surface area (Å²) >= 11 is 0. The number of likely N-dealkylation sites (N-methyl/N-ethyl adjacent to an activating group) is 1. The topological polar surface area (TPSA) is 94.9 Å². The molecule has 0 radical (unpaired) electrons. The van der Waals surface area contributed by atoms with Crippen molar-refractivity contribution in [3.8, 4) is 22.8 Å². The lowest BCUT2D eigenvalue weighted by molar-refractivity contribution is -0.132. The number of rotatable bonds is 14. The minimum absolute atomic E-state index is 0.107. The van der Waals surface area contributed by atoms with Crippen molar-refractivity contribution in [3.63, 3.8) is 0 Å². The predicted molar refractivity (Wildman–Crippen MR) is 152 cm³/mol. The van der Waals surface area contributed by atoms with Crippen LogP contribution >= 0.6 is 0 Å². The number of hydrogen-bond donors (Lipinski definition) is 1. The Morgan fingerprint density at radius 2 is 1.77 bits per heavy atom. The number of nitrogens with zero attached hydrogens (tertiary/aromatic N) is 3. The maximum absolute atomic E-state index is 13.6. The zero-order valence-corrected chi connectivity index (χ0v) is 24.5. The highest BCUT2D eigenvalue weighted by Crippen LogP contribution is 2.39. The first-order valence-corrected chi connectivity index (χ1v) is 14.1. The SMILES string of the molecule is COCCN(C)C(=O)[C@H](CCC1CCCCC1)NC(=O)c1cc(-c2c(OC)cccc2OC)n(CC(C)C)n1. The van der Waals surface area contributed by atoms with E-state index in [1.165, 1.54) is 32.1 Å². The Hall–Kier alpha value is -3.07. The number of nitrogens with one attached hydrogen (secondary N) is 1. The summed E-state index contributed by atoms with van der Waals surface area (Å²) in [6.45, 7) is 5.70. The quantitative estimate of drug-likeness (QED) is 0.369. The second-order valence-electron chi connectivity index (χ2n) is 10.9. The molecule has 0 unspecified atom stereocenters. The molecule has 1 aliphatic carbocycles. The van der Waals surface area contributed by atoms with Gasteiger partial charge < -0.3 is 24.4 Å². The molecular formula is C30H46N4O5. The Bertz CT molecular complexity index is 1060. The second-order valence-corrected chi connectivity index (χ2v) is 10.9. The highest BCUT2D eigenvalue weighted by atomic mass is 16.5. The number of carbonyl (C=O) groups is 2. The lowest BCUT2D eigenvalue weighted by Crippen LogP contribution is -2.48. The largest absolute Gasteiger partial charge is 0.496 e. The molecule has 39 heavy (non-hydrogen) atoms. The fourth-order valence-electron chi connectivity index (χ4n) is 5.29. The Labute approximate surface area is 233 Å². The van der Waals surface area contributed by atoms with Crippen molar-refractivity contribution >= 4 is 11.8 Å². The standard InChI is InChI=1S/C30H46N4O5/c1-21(2)20-34-25(28-26(38-5)13-10-14-27(28)39-6)19-24(32-34)29(35)31-23(30(36)33(3)17-18-37-4)16-15-22-11-8-7-9-12-22/h10,13-14,19,21-23H,7-9,11-12,15-18,20H2,1-6H3,(H,31,35)/t23-/m0/s1. The third-order valence-electron chi connectivity index (χ3n) is 7.43. The molecule has 2 aromatic rings. The summed E-state index contributed by atoms with van der Waals surface area (Å²) in [5.41, 5.74) is 1.72. The van der Waals surface area contributed by atoms with Crippen LogP contribution < -0.4 is 14.8 Å². The van der Waals surface area contributed by atoms with Crippen LogP contribution in [-0.4, -0.2) is 74.1 Å². The second kappa shape index (κ2) is 14.9. The van der Waals surface area contributed by atoms with E-state index < -0.39 is 6.04 Å². The van der Waals surface area contributed by atoms with E-state index in [0.717, 1.165) is 17.7 Å². The Morgan fingerprint density at radius 3 is 2.36 bits per heavy atom. The van der Waals surface area contributed by atoms with Crippen molar-refractivity contribution in [2.24, 2.45) is 11.8 Å². The molecule has 216 valence electrons. The normalized spacial score (nSPS) is 14.7. The first-order valence-electron chi connectivity index (χ1n) is 14.1. The first kappa shape index (κ1) is 30.5. The van der Waals surface area contributed by atoms with E-state index in [0.29, 0.717) is 49.5 Å². The summed E-state index contributed by atoms with van der Waals surface area (Å²) in [6, 6.07) is 6.72. The van der Waals surface area contributed by atoms with Crippen LogP contribution in [0.15, 0.2) is 24.3 Å². The molecule has 1 aliphatic rings. The van der Waals surface area contributed by atoms with Gasteiger partial charge >= 0.3 is 0 Å². The summed E-state index contributed by atoms with van der Waals surface area (Å²) in [7, 11) is 6.59. The van der Waals surface area contributed by atoms with Gasteiger partial charge in [-0.2, -0.15) is 5.10 Å². The van der Waals surface area contributed by atoms with Crippen molar-refractivity contribution in [1.29, 1.82) is 0 Å². The maximum atomic E-state index is 13.6. The van der Waals surface area contributed by atoms with Crippen molar-refractivity contribution in [1.82, 2.24) is 20.0 Å². The highest BCUT2D eigenvalue weighted by Gasteiger charge is 2.28. The van der Waals surface area contributed by atoms with E-state index in [-0.39, 0.29) is 17.5 Å². The van der Waals surface area contributed by atoms with Crippen LogP contribution in [0.25, 0.3) is 11.3 Å². The van der Waals surface area contributed by atoms with Crippen LogP contribution in [0.2, 0.25) is 0 Å². The van der Waals surface area contributed by atoms with Gasteiger partial charge in [-0.1, -0.05) is 52.0 Å². The Morgan fingerprint density at radius 1 is 1.10 bits per heavy atom. The molecule has 1 atom stereocenters. The molecule has 1 heterocycles. The van der Waals surface area contributed by atoms with E-state index >= 15 is 0 Å². The first-order chi connectivity index (χ1) is 18.8. The van der Waals surface area contributed by atoms with Crippen LogP contribution in [0.4, 0.5) is 0 Å². The number of ether oxygens (including phenoxy) is 3. The molecule has 1 N–H and O–H groups in total. The van der Waals surface area contributed by atoms with Crippen LogP contribution in [-0.2, 0) is 16.1 Å². The van der Waals surface area contributed by atoms with Crippen LogP contribution in [0.5, 0.6) is 11.5 Å². The van der Waals surface area contributed by atoms with E-state index in [1.54, 1.807) is 39.3 Å². The van der Waals surface area contributed by atoms with Crippen molar-refractivity contribution in [2.75, 3.05) is 41.5 Å². The van der Waals surface area contributed by atoms with Gasteiger partial charge in [0, 0.05) is 27.2 Å². The maximum Gasteiger partial charge on any atom is 0.272 e. The Balaban J connectivity index is 1.89. The molecule has 0 saturated heterocycles. The van der Waals surface area contributed by atoms with Crippen molar-refractivity contribution < 1.29 is 23.8 Å². The molecule has 1 aromatic heterocycles. The van der Waals surface area contributed by atoms with Gasteiger partial charge in [0.1, 0.15) is 17.5 Å². The number of aromatic nitrogens is 2. The van der Waals surface area contributed by atoms with Gasteiger partial charge in [0.2, 0.25) is 5.91 Å². The van der Waals surface area contributed by atoms with Crippen molar-refractivity contribution in [2.45, 2.75) is 71.4 Å². The molecule has 0 aliphatic heterocycles. The lowest BCUT2D eigenvalue weighted by Gasteiger charge is -2.27. The molecule has 1 fully saturated rings. The summed E-state index contributed by atoms with van der Waals surface area (Å²) < 4.78 is 18.3. The van der Waals surface area contributed by atoms with E-state index in [1.807, 2.05) is 22.9 Å². The number of methoxy groups -OCH3 is 3. The average molecular weight is 543 g/mol. The van der Waals surface area contributed by atoms with Gasteiger partial charge in [-0.05, 0) is 42.9 Å². The van der Waals surface area contributed by atoms with Crippen LogP contribution in [0, 0.1) is 11.8 Å². The van der Waals surface area contributed by atoms with E-state index in [4.69, 9.17) is 14.2 Å². The fraction of sp³-hybridized carbons (Fsp3) is 0.633. The van der Waals surface area contributed by atoms with Gasteiger partial charge in [0.25, 0.3) is 5.91 Å². The highest BCUT2D eigenvalue weighted by molar-refractivity contribution is 5.97. The predicted octanol–water partition coefficient (Wildman–Crippen LogP) is 4.79. The molecule has 1 saturated carbocycles. The van der Waals surface area contributed by atoms with Gasteiger partial charge in [0.15, 0.2) is 5.69 Å². The summed E-state index contributed by atoms with van der Waals surface area (Å²) in [5.74, 6) is 1.68. The molecule has 9 nitrogen and oxygen atoms in total. The van der Waals surface area contributed by atoms with Gasteiger partial charge in [0.05, 0.1) is 32.1 Å². The minimum atomic E-state index is -0.624. The van der Waals surface area contributed by atoms with Gasteiger partial charge in [-0.15, -0.1) is 0 Å². The monoisotopic (exact) mass is 542 g/mol. The number of carbonyl (C=O) groups excluding carboxylic acids is 2. The van der Waals surface area contributed by atoms with Gasteiger partial charge in [-0.3, -0.25) is 14.3 Å². The zero-order valence-electron chi connectivity index (χ0n) is 24.5. The fourth-order valence-corrected chi connectivity index (χ4v) is 5.29. The van der Waals surface area contributed by atoms with Crippen LogP contribution in [0.3, 0.4) is 0 Å². The molecular weight excluding hydrogens is 496 g/mol. The van der Waals surface area contributed by atoms with Gasteiger partial charge in [-0.25, -0.2) is 0 Å². The minimum Gasteiger partial charge on any atom is -0.496 e. The smallest absolute Gasteiger partial charge is 0.272 e. The number of benzene rings is 1. The van der Waals surface area contributed by atoms with Crippen LogP contribution in [0.1, 0.15) is 69.3 Å². The van der Waals surface area contributed by atoms with Crippen molar-refractivity contribution in [3.05, 3.63) is 30.0 Å². The molecule has 9 heteroatoms. The summed E-state index contributed by atoms with van der Waals surface area (Å²) in [5, 5.41) is 7.71. The van der Waals surface area contributed by atoms with E-state index in [9.17, 15) is 9.59 Å². The number of hydrogen-bond acceptors (Lipinski definition) is 6. The average Bonchev–Trinajstić information content (AvgIpc) is 3.36. The third-order valence-corrected chi connectivity index (χ3v) is 7.43. The zero-order chi connectivity index (χ0) is 28.4. The molecule has 0 spiro atoms. The third kappa shape index (κ3) is 8.21. The van der Waals surface area contributed by atoms with E-state index in [2.05, 4.69) is 24.3 Å². The Kier molecular flexibility index (Phi) is 11.7. The molecule has 0 bridgehead atoms.